The van der Waals surface area contributed by atoms with E-state index in [1.165, 1.54) is 4.90 Å². The molecule has 122 valence electrons. The summed E-state index contributed by atoms with van der Waals surface area (Å²) < 4.78 is 0. The zero-order valence-corrected chi connectivity index (χ0v) is 14.6. The molecule has 0 aliphatic rings. The van der Waals surface area contributed by atoms with Crippen molar-refractivity contribution in [1.82, 2.24) is 10.2 Å². The number of likely N-dealkylation sites (N-methyl/N-ethyl adjacent to an activating group) is 1. The van der Waals surface area contributed by atoms with Crippen molar-refractivity contribution >= 4 is 11.8 Å². The van der Waals surface area contributed by atoms with E-state index in [1.54, 1.807) is 7.05 Å². The van der Waals surface area contributed by atoms with Crippen LogP contribution in [-0.2, 0) is 16.1 Å². The van der Waals surface area contributed by atoms with Crippen LogP contribution in [0.2, 0.25) is 0 Å². The summed E-state index contributed by atoms with van der Waals surface area (Å²) >= 11 is 0. The minimum Gasteiger partial charge on any atom is -0.343 e. The molecule has 0 heterocycles. The molecule has 4 heteroatoms. The van der Waals surface area contributed by atoms with E-state index in [0.717, 1.165) is 12.0 Å². The molecule has 0 aromatic heterocycles. The van der Waals surface area contributed by atoms with Crippen LogP contribution < -0.4 is 5.32 Å². The molecule has 0 spiro atoms. The highest BCUT2D eigenvalue weighted by Crippen LogP contribution is 2.26. The Balaban J connectivity index is 2.63. The second kappa shape index (κ2) is 6.95. The minimum absolute atomic E-state index is 0.0791. The smallest absolute Gasteiger partial charge is 0.311 e. The molecular formula is C18H28N2O2. The first-order valence-corrected chi connectivity index (χ1v) is 7.62. The fourth-order valence-electron chi connectivity index (χ4n) is 2.83. The van der Waals surface area contributed by atoms with Crippen LogP contribution in [0.1, 0.15) is 46.6 Å². The van der Waals surface area contributed by atoms with Crippen molar-refractivity contribution < 1.29 is 9.59 Å². The summed E-state index contributed by atoms with van der Waals surface area (Å²) in [5.41, 5.74) is 0.661. The van der Waals surface area contributed by atoms with Gasteiger partial charge in [-0.2, -0.15) is 0 Å². The number of benzene rings is 1. The van der Waals surface area contributed by atoms with Crippen LogP contribution in [0.3, 0.4) is 0 Å². The Morgan fingerprint density at radius 3 is 2.09 bits per heavy atom. The van der Waals surface area contributed by atoms with Crippen LogP contribution >= 0.6 is 0 Å². The highest BCUT2D eigenvalue weighted by molar-refractivity contribution is 6.35. The first-order valence-electron chi connectivity index (χ1n) is 7.62. The van der Waals surface area contributed by atoms with Gasteiger partial charge < -0.3 is 10.2 Å². The lowest BCUT2D eigenvalue weighted by atomic mass is 9.82. The van der Waals surface area contributed by atoms with Crippen LogP contribution in [0.5, 0.6) is 0 Å². The van der Waals surface area contributed by atoms with Gasteiger partial charge >= 0.3 is 11.8 Å². The Bertz CT molecular complexity index is 516. The average Bonchev–Trinajstić information content (AvgIpc) is 2.35. The van der Waals surface area contributed by atoms with Crippen molar-refractivity contribution in [1.29, 1.82) is 0 Å². The number of amides is 2. The van der Waals surface area contributed by atoms with Crippen molar-refractivity contribution in [3.8, 4) is 0 Å². The molecule has 4 nitrogen and oxygen atoms in total. The fraction of sp³-hybridized carbons (Fsp3) is 0.556. The van der Waals surface area contributed by atoms with E-state index in [2.05, 4.69) is 26.1 Å². The highest BCUT2D eigenvalue weighted by atomic mass is 16.2. The third-order valence-corrected chi connectivity index (χ3v) is 3.23. The van der Waals surface area contributed by atoms with Gasteiger partial charge in [-0.25, -0.2) is 0 Å². The van der Waals surface area contributed by atoms with Gasteiger partial charge in [0.05, 0.1) is 0 Å². The molecule has 1 aromatic carbocycles. The summed E-state index contributed by atoms with van der Waals surface area (Å²) in [6, 6.07) is 9.63. The standard InChI is InChI=1S/C18H28N2O2/c1-17(2,3)13-18(4,5)19-15(21)16(22)20(6)12-14-10-8-7-9-11-14/h7-11H,12-13H2,1-6H3,(H,19,21). The maximum absolute atomic E-state index is 12.2. The summed E-state index contributed by atoms with van der Waals surface area (Å²) in [7, 11) is 1.64. The number of hydrogen-bond donors (Lipinski definition) is 1. The van der Waals surface area contributed by atoms with Crippen molar-refractivity contribution in [3.05, 3.63) is 35.9 Å². The molecule has 0 radical (unpaired) electrons. The van der Waals surface area contributed by atoms with Crippen molar-refractivity contribution in [3.63, 3.8) is 0 Å². The predicted octanol–water partition coefficient (Wildman–Crippen LogP) is 2.98. The summed E-state index contributed by atoms with van der Waals surface area (Å²) in [5, 5.41) is 2.85. The lowest BCUT2D eigenvalue weighted by Crippen LogP contribution is -2.51. The molecule has 1 rings (SSSR count). The lowest BCUT2D eigenvalue weighted by Gasteiger charge is -2.33. The van der Waals surface area contributed by atoms with Crippen LogP contribution in [0.15, 0.2) is 30.3 Å². The molecule has 2 amide bonds. The van der Waals surface area contributed by atoms with Crippen molar-refractivity contribution in [2.75, 3.05) is 7.05 Å². The molecular weight excluding hydrogens is 276 g/mol. The fourth-order valence-corrected chi connectivity index (χ4v) is 2.83. The van der Waals surface area contributed by atoms with E-state index < -0.39 is 17.4 Å². The average molecular weight is 304 g/mol. The van der Waals surface area contributed by atoms with E-state index in [4.69, 9.17) is 0 Å². The normalized spacial score (nSPS) is 11.9. The van der Waals surface area contributed by atoms with E-state index in [9.17, 15) is 9.59 Å². The van der Waals surface area contributed by atoms with Crippen LogP contribution in [0.25, 0.3) is 0 Å². The monoisotopic (exact) mass is 304 g/mol. The maximum atomic E-state index is 12.2. The number of nitrogens with one attached hydrogen (secondary N) is 1. The molecule has 0 saturated heterocycles. The number of rotatable bonds is 4. The van der Waals surface area contributed by atoms with Gasteiger partial charge in [0.15, 0.2) is 0 Å². The summed E-state index contributed by atoms with van der Waals surface area (Å²) in [5.74, 6) is -1.06. The highest BCUT2D eigenvalue weighted by Gasteiger charge is 2.30. The summed E-state index contributed by atoms with van der Waals surface area (Å²) in [4.78, 5) is 25.8. The zero-order valence-electron chi connectivity index (χ0n) is 14.6. The Hall–Kier alpha value is -1.84. The Morgan fingerprint density at radius 2 is 1.59 bits per heavy atom. The molecule has 1 aromatic rings. The van der Waals surface area contributed by atoms with Crippen LogP contribution in [0, 0.1) is 5.41 Å². The molecule has 0 aliphatic carbocycles. The maximum Gasteiger partial charge on any atom is 0.311 e. The third-order valence-electron chi connectivity index (χ3n) is 3.23. The number of nitrogens with zero attached hydrogens (tertiary/aromatic N) is 1. The molecule has 1 N–H and O–H groups in total. The second-order valence-electron chi connectivity index (χ2n) is 7.72. The largest absolute Gasteiger partial charge is 0.343 e. The summed E-state index contributed by atoms with van der Waals surface area (Å²) in [6.07, 6.45) is 0.793. The van der Waals surface area contributed by atoms with Gasteiger partial charge in [0.2, 0.25) is 0 Å². The molecule has 0 bridgehead atoms. The van der Waals surface area contributed by atoms with Gasteiger partial charge in [-0.1, -0.05) is 51.1 Å². The van der Waals surface area contributed by atoms with Gasteiger partial charge in [0.25, 0.3) is 0 Å². The van der Waals surface area contributed by atoms with Gasteiger partial charge in [-0.3, -0.25) is 9.59 Å². The Morgan fingerprint density at radius 1 is 1.05 bits per heavy atom. The molecule has 22 heavy (non-hydrogen) atoms. The quantitative estimate of drug-likeness (QED) is 0.869. The van der Waals surface area contributed by atoms with Crippen LogP contribution in [-0.4, -0.2) is 29.3 Å². The SMILES string of the molecule is CN(Cc1ccccc1)C(=O)C(=O)NC(C)(C)CC(C)(C)C. The molecule has 0 unspecified atom stereocenters. The molecule has 0 aliphatic heterocycles. The van der Waals surface area contributed by atoms with Gasteiger partial charge in [0, 0.05) is 19.1 Å². The lowest BCUT2D eigenvalue weighted by molar-refractivity contribution is -0.146. The first kappa shape index (κ1) is 18.2. The predicted molar refractivity (Wildman–Crippen MR) is 89.2 cm³/mol. The number of hydrogen-bond acceptors (Lipinski definition) is 2. The number of carbonyl (C=O) groups is 2. The molecule has 0 saturated carbocycles. The zero-order chi connectivity index (χ0) is 17.0. The van der Waals surface area contributed by atoms with E-state index in [1.807, 2.05) is 44.2 Å². The Labute approximate surface area is 133 Å². The first-order chi connectivity index (χ1) is 10.0. The third kappa shape index (κ3) is 6.29. The van der Waals surface area contributed by atoms with E-state index in [0.29, 0.717) is 6.54 Å². The second-order valence-corrected chi connectivity index (χ2v) is 7.72. The van der Waals surface area contributed by atoms with Gasteiger partial charge in [0.1, 0.15) is 0 Å². The van der Waals surface area contributed by atoms with Crippen LogP contribution in [0.4, 0.5) is 0 Å². The number of carbonyl (C=O) groups excluding carboxylic acids is 2. The van der Waals surface area contributed by atoms with Crippen molar-refractivity contribution in [2.45, 2.75) is 53.1 Å². The topological polar surface area (TPSA) is 49.4 Å². The van der Waals surface area contributed by atoms with E-state index in [-0.39, 0.29) is 5.41 Å². The van der Waals surface area contributed by atoms with E-state index >= 15 is 0 Å². The molecule has 0 atom stereocenters. The Kier molecular flexibility index (Phi) is 5.75. The van der Waals surface area contributed by atoms with Gasteiger partial charge in [-0.15, -0.1) is 0 Å². The molecule has 0 fully saturated rings. The minimum atomic E-state index is -0.548. The van der Waals surface area contributed by atoms with Crippen molar-refractivity contribution in [2.24, 2.45) is 5.41 Å². The summed E-state index contributed by atoms with van der Waals surface area (Å²) in [6.45, 7) is 10.7. The van der Waals surface area contributed by atoms with Gasteiger partial charge in [-0.05, 0) is 31.2 Å².